The number of nitrogens with zero attached hydrogens (tertiary/aromatic N) is 2. The fourth-order valence-electron chi connectivity index (χ4n) is 2.32. The minimum atomic E-state index is -0.250. The highest BCUT2D eigenvalue weighted by Gasteiger charge is 2.12. The minimum Gasteiger partial charge on any atom is -0.350 e. The molecule has 0 atom stereocenters. The van der Waals surface area contributed by atoms with Crippen molar-refractivity contribution < 1.29 is 4.79 Å². The van der Waals surface area contributed by atoms with Gasteiger partial charge in [-0.3, -0.25) is 4.79 Å². The van der Waals surface area contributed by atoms with Crippen molar-refractivity contribution in [3.05, 3.63) is 70.9 Å². The van der Waals surface area contributed by atoms with E-state index in [0.717, 1.165) is 16.5 Å². The largest absolute Gasteiger partial charge is 0.350 e. The molecule has 0 radical (unpaired) electrons. The molecule has 0 fully saturated rings. The second-order valence-corrected chi connectivity index (χ2v) is 5.30. The van der Waals surface area contributed by atoms with Crippen molar-refractivity contribution in [3.63, 3.8) is 0 Å². The highest BCUT2D eigenvalue weighted by atomic mass is 35.5. The minimum absolute atomic E-state index is 0.250. The van der Waals surface area contributed by atoms with Gasteiger partial charge in [0, 0.05) is 34.7 Å². The van der Waals surface area contributed by atoms with Gasteiger partial charge in [0.2, 0.25) is 0 Å². The zero-order chi connectivity index (χ0) is 15.5. The number of para-hydroxylation sites is 1. The van der Waals surface area contributed by atoms with E-state index in [1.807, 2.05) is 54.1 Å². The molecule has 2 aromatic carbocycles. The SMILES string of the molecule is Cn1cc(C(=O)N/N=C/c2ccccc2Cl)c2ccccc21. The fourth-order valence-corrected chi connectivity index (χ4v) is 2.51. The molecule has 0 bridgehead atoms. The Morgan fingerprint density at radius 3 is 2.73 bits per heavy atom. The number of carbonyl (C=O) groups is 1. The van der Waals surface area contributed by atoms with Gasteiger partial charge in [-0.15, -0.1) is 0 Å². The highest BCUT2D eigenvalue weighted by Crippen LogP contribution is 2.20. The van der Waals surface area contributed by atoms with Gasteiger partial charge in [0.25, 0.3) is 5.91 Å². The Kier molecular flexibility index (Phi) is 3.94. The van der Waals surface area contributed by atoms with Crippen LogP contribution in [0.15, 0.2) is 59.8 Å². The number of halogens is 1. The molecule has 0 aliphatic carbocycles. The molecule has 1 heterocycles. The molecule has 0 unspecified atom stereocenters. The molecule has 1 amide bonds. The molecule has 3 rings (SSSR count). The molecule has 110 valence electrons. The third kappa shape index (κ3) is 2.73. The predicted molar refractivity (Wildman–Crippen MR) is 89.4 cm³/mol. The van der Waals surface area contributed by atoms with Gasteiger partial charge in [0.15, 0.2) is 0 Å². The van der Waals surface area contributed by atoms with E-state index >= 15 is 0 Å². The summed E-state index contributed by atoms with van der Waals surface area (Å²) >= 11 is 6.03. The molecule has 0 saturated carbocycles. The Morgan fingerprint density at radius 1 is 1.18 bits per heavy atom. The standard InChI is InChI=1S/C17H14ClN3O/c1-21-11-14(13-7-3-5-9-16(13)21)17(22)20-19-10-12-6-2-4-8-15(12)18/h2-11H,1H3,(H,20,22)/b19-10+. The quantitative estimate of drug-likeness (QED) is 0.583. The van der Waals surface area contributed by atoms with Crippen molar-refractivity contribution >= 4 is 34.6 Å². The van der Waals surface area contributed by atoms with Crippen LogP contribution >= 0.6 is 11.6 Å². The van der Waals surface area contributed by atoms with Gasteiger partial charge in [-0.25, -0.2) is 5.43 Å². The molecule has 4 nitrogen and oxygen atoms in total. The van der Waals surface area contributed by atoms with Crippen molar-refractivity contribution in [3.8, 4) is 0 Å². The van der Waals surface area contributed by atoms with E-state index in [-0.39, 0.29) is 5.91 Å². The van der Waals surface area contributed by atoms with Gasteiger partial charge in [0.05, 0.1) is 11.8 Å². The first-order valence-electron chi connectivity index (χ1n) is 6.79. The van der Waals surface area contributed by atoms with E-state index in [0.29, 0.717) is 10.6 Å². The number of carbonyl (C=O) groups excluding carboxylic acids is 1. The summed E-state index contributed by atoms with van der Waals surface area (Å²) in [5.41, 5.74) is 4.89. The first kappa shape index (κ1) is 14.4. The van der Waals surface area contributed by atoms with Crippen molar-refractivity contribution in [2.24, 2.45) is 12.1 Å². The number of nitrogens with one attached hydrogen (secondary N) is 1. The smallest absolute Gasteiger partial charge is 0.273 e. The zero-order valence-electron chi connectivity index (χ0n) is 12.0. The molecule has 0 aliphatic heterocycles. The summed E-state index contributed by atoms with van der Waals surface area (Å²) in [5.74, 6) is -0.250. The second-order valence-electron chi connectivity index (χ2n) is 4.89. The van der Waals surface area contributed by atoms with E-state index in [1.165, 1.54) is 6.21 Å². The van der Waals surface area contributed by atoms with Gasteiger partial charge in [-0.05, 0) is 12.1 Å². The lowest BCUT2D eigenvalue weighted by molar-refractivity contribution is 0.0956. The number of amides is 1. The second kappa shape index (κ2) is 6.03. The Labute approximate surface area is 133 Å². The fraction of sp³-hybridized carbons (Fsp3) is 0.0588. The number of rotatable bonds is 3. The van der Waals surface area contributed by atoms with Crippen LogP contribution in [0, 0.1) is 0 Å². The van der Waals surface area contributed by atoms with Crippen LogP contribution in [0.3, 0.4) is 0 Å². The van der Waals surface area contributed by atoms with Crippen molar-refractivity contribution in [2.45, 2.75) is 0 Å². The molecule has 22 heavy (non-hydrogen) atoms. The van der Waals surface area contributed by atoms with Crippen LogP contribution in [0.5, 0.6) is 0 Å². The molecule has 3 aromatic rings. The maximum absolute atomic E-state index is 12.3. The first-order chi connectivity index (χ1) is 10.7. The van der Waals surface area contributed by atoms with E-state index in [1.54, 1.807) is 12.3 Å². The summed E-state index contributed by atoms with van der Waals surface area (Å²) in [6.45, 7) is 0. The molecular weight excluding hydrogens is 298 g/mol. The lowest BCUT2D eigenvalue weighted by Gasteiger charge is -1.99. The molecule has 1 aromatic heterocycles. The van der Waals surface area contributed by atoms with Gasteiger partial charge >= 0.3 is 0 Å². The average Bonchev–Trinajstić information content (AvgIpc) is 2.87. The van der Waals surface area contributed by atoms with E-state index in [9.17, 15) is 4.79 Å². The molecule has 0 aliphatic rings. The van der Waals surface area contributed by atoms with E-state index in [4.69, 9.17) is 11.6 Å². The van der Waals surface area contributed by atoms with E-state index < -0.39 is 0 Å². The normalized spacial score (nSPS) is 11.2. The van der Waals surface area contributed by atoms with Crippen molar-refractivity contribution in [1.82, 2.24) is 9.99 Å². The predicted octanol–water partition coefficient (Wildman–Crippen LogP) is 3.60. The Morgan fingerprint density at radius 2 is 1.91 bits per heavy atom. The lowest BCUT2D eigenvalue weighted by Crippen LogP contribution is -2.17. The Balaban J connectivity index is 1.81. The topological polar surface area (TPSA) is 46.4 Å². The molecular formula is C17H14ClN3O. The van der Waals surface area contributed by atoms with Crippen LogP contribution in [-0.2, 0) is 7.05 Å². The molecule has 0 spiro atoms. The molecule has 5 heteroatoms. The third-order valence-electron chi connectivity index (χ3n) is 3.42. The number of fused-ring (bicyclic) bond motifs is 1. The summed E-state index contributed by atoms with van der Waals surface area (Å²) in [5, 5.41) is 5.46. The van der Waals surface area contributed by atoms with Gasteiger partial charge < -0.3 is 4.57 Å². The maximum atomic E-state index is 12.3. The van der Waals surface area contributed by atoms with Crippen LogP contribution in [0.4, 0.5) is 0 Å². The summed E-state index contributed by atoms with van der Waals surface area (Å²) in [6.07, 6.45) is 3.33. The van der Waals surface area contributed by atoms with Crippen molar-refractivity contribution in [2.75, 3.05) is 0 Å². The van der Waals surface area contributed by atoms with Crippen LogP contribution < -0.4 is 5.43 Å². The summed E-state index contributed by atoms with van der Waals surface area (Å²) < 4.78 is 1.92. The maximum Gasteiger partial charge on any atom is 0.273 e. The number of aryl methyl sites for hydroxylation is 1. The first-order valence-corrected chi connectivity index (χ1v) is 7.16. The average molecular weight is 312 g/mol. The molecule has 0 saturated heterocycles. The van der Waals surface area contributed by atoms with Crippen LogP contribution in [0.2, 0.25) is 5.02 Å². The van der Waals surface area contributed by atoms with Crippen LogP contribution in [0.1, 0.15) is 15.9 Å². The Bertz CT molecular complexity index is 867. The number of hydrogen-bond acceptors (Lipinski definition) is 2. The van der Waals surface area contributed by atoms with Gasteiger partial charge in [-0.2, -0.15) is 5.10 Å². The lowest BCUT2D eigenvalue weighted by atomic mass is 10.2. The highest BCUT2D eigenvalue weighted by molar-refractivity contribution is 6.33. The van der Waals surface area contributed by atoms with Crippen LogP contribution in [0.25, 0.3) is 10.9 Å². The zero-order valence-corrected chi connectivity index (χ0v) is 12.7. The van der Waals surface area contributed by atoms with Crippen LogP contribution in [-0.4, -0.2) is 16.7 Å². The van der Waals surface area contributed by atoms with Crippen molar-refractivity contribution in [1.29, 1.82) is 0 Å². The number of hydrogen-bond donors (Lipinski definition) is 1. The number of hydrazone groups is 1. The number of benzene rings is 2. The monoisotopic (exact) mass is 311 g/mol. The number of aromatic nitrogens is 1. The summed E-state index contributed by atoms with van der Waals surface area (Å²) in [6, 6.07) is 15.0. The van der Waals surface area contributed by atoms with E-state index in [2.05, 4.69) is 10.5 Å². The summed E-state index contributed by atoms with van der Waals surface area (Å²) in [7, 11) is 1.91. The third-order valence-corrected chi connectivity index (χ3v) is 3.76. The summed E-state index contributed by atoms with van der Waals surface area (Å²) in [4.78, 5) is 12.3. The Hall–Kier alpha value is -2.59. The van der Waals surface area contributed by atoms with Gasteiger partial charge in [-0.1, -0.05) is 48.0 Å². The molecule has 1 N–H and O–H groups in total. The van der Waals surface area contributed by atoms with Gasteiger partial charge in [0.1, 0.15) is 0 Å².